The largest absolute Gasteiger partial charge is 0.282 e. The Morgan fingerprint density at radius 1 is 0.625 bits per heavy atom. The molecule has 1 heterocycles. The number of H-pyrrole nitrogens is 1. The summed E-state index contributed by atoms with van der Waals surface area (Å²) in [7, 11) is 0. The van der Waals surface area contributed by atoms with Gasteiger partial charge in [-0.25, -0.2) is 0 Å². The zero-order valence-corrected chi connectivity index (χ0v) is 13.5. The van der Waals surface area contributed by atoms with Crippen LogP contribution in [-0.4, -0.2) is 10.2 Å². The molecule has 2 heteroatoms. The molecule has 4 rings (SSSR count). The highest BCUT2D eigenvalue weighted by Gasteiger charge is 2.09. The molecule has 2 nitrogen and oxygen atoms in total. The number of aromatic nitrogens is 2. The number of rotatable bonds is 3. The Morgan fingerprint density at radius 2 is 1.25 bits per heavy atom. The fourth-order valence-corrected chi connectivity index (χ4v) is 3.02. The second-order valence-corrected chi connectivity index (χ2v) is 5.93. The molecule has 1 aromatic heterocycles. The van der Waals surface area contributed by atoms with Crippen LogP contribution in [0.5, 0.6) is 0 Å². The van der Waals surface area contributed by atoms with E-state index >= 15 is 0 Å². The molecule has 0 saturated heterocycles. The van der Waals surface area contributed by atoms with Crippen molar-refractivity contribution < 1.29 is 0 Å². The fourth-order valence-electron chi connectivity index (χ4n) is 3.02. The van der Waals surface area contributed by atoms with Gasteiger partial charge in [-0.3, -0.25) is 5.10 Å². The maximum atomic E-state index is 4.38. The van der Waals surface area contributed by atoms with Crippen LogP contribution in [0.25, 0.3) is 33.5 Å². The lowest BCUT2D eigenvalue weighted by Gasteiger charge is -2.11. The van der Waals surface area contributed by atoms with E-state index in [2.05, 4.69) is 89.1 Å². The molecule has 0 atom stereocenters. The monoisotopic (exact) mass is 310 g/mol. The molecule has 0 saturated carbocycles. The number of aryl methyl sites for hydroxylation is 1. The van der Waals surface area contributed by atoms with Crippen molar-refractivity contribution >= 4 is 0 Å². The highest BCUT2D eigenvalue weighted by Crippen LogP contribution is 2.33. The molecule has 0 fully saturated rings. The van der Waals surface area contributed by atoms with Gasteiger partial charge in [0.05, 0.1) is 5.69 Å². The van der Waals surface area contributed by atoms with E-state index in [0.717, 1.165) is 17.0 Å². The predicted octanol–water partition coefficient (Wildman–Crippen LogP) is 5.72. The Hall–Kier alpha value is -3.13. The zero-order valence-electron chi connectivity index (χ0n) is 13.5. The van der Waals surface area contributed by atoms with Crippen molar-refractivity contribution in [3.05, 3.63) is 90.6 Å². The second kappa shape index (κ2) is 6.17. The number of hydrogen-bond donors (Lipinski definition) is 1. The zero-order chi connectivity index (χ0) is 16.4. The van der Waals surface area contributed by atoms with E-state index in [0.29, 0.717) is 0 Å². The third-order valence-corrected chi connectivity index (χ3v) is 4.19. The first-order valence-electron chi connectivity index (χ1n) is 8.08. The van der Waals surface area contributed by atoms with E-state index in [-0.39, 0.29) is 0 Å². The van der Waals surface area contributed by atoms with Gasteiger partial charge in [-0.15, -0.1) is 0 Å². The summed E-state index contributed by atoms with van der Waals surface area (Å²) in [6.07, 6.45) is 0. The number of aromatic amines is 1. The number of hydrogen-bond acceptors (Lipinski definition) is 1. The maximum absolute atomic E-state index is 4.38. The molecule has 116 valence electrons. The van der Waals surface area contributed by atoms with Crippen LogP contribution >= 0.6 is 0 Å². The molecule has 0 unspecified atom stereocenters. The van der Waals surface area contributed by atoms with Crippen LogP contribution in [0, 0.1) is 6.92 Å². The smallest absolute Gasteiger partial charge is 0.0923 e. The number of nitrogens with one attached hydrogen (secondary N) is 1. The summed E-state index contributed by atoms with van der Waals surface area (Å²) >= 11 is 0. The van der Waals surface area contributed by atoms with E-state index in [4.69, 9.17) is 0 Å². The Balaban J connectivity index is 1.83. The molecular formula is C22H18N2. The molecule has 3 aromatic carbocycles. The number of nitrogens with zero attached hydrogens (tertiary/aromatic N) is 1. The number of benzene rings is 3. The van der Waals surface area contributed by atoms with Gasteiger partial charge in [0, 0.05) is 11.3 Å². The van der Waals surface area contributed by atoms with Gasteiger partial charge in [0.2, 0.25) is 0 Å². The van der Waals surface area contributed by atoms with Gasteiger partial charge in [0.1, 0.15) is 0 Å². The first-order valence-corrected chi connectivity index (χ1v) is 8.08. The molecule has 0 aliphatic carbocycles. The molecular weight excluding hydrogens is 292 g/mol. The van der Waals surface area contributed by atoms with Gasteiger partial charge >= 0.3 is 0 Å². The van der Waals surface area contributed by atoms with E-state index < -0.39 is 0 Å². The lowest BCUT2D eigenvalue weighted by atomic mass is 9.93. The third-order valence-electron chi connectivity index (χ3n) is 4.19. The fraction of sp³-hybridized carbons (Fsp3) is 0.0455. The van der Waals surface area contributed by atoms with E-state index in [1.165, 1.54) is 22.3 Å². The van der Waals surface area contributed by atoms with Gasteiger partial charge in [-0.05, 0) is 41.3 Å². The van der Waals surface area contributed by atoms with Crippen molar-refractivity contribution in [2.45, 2.75) is 6.92 Å². The minimum atomic E-state index is 0.978. The topological polar surface area (TPSA) is 28.7 Å². The van der Waals surface area contributed by atoms with Crippen LogP contribution in [0.3, 0.4) is 0 Å². The third kappa shape index (κ3) is 2.74. The SMILES string of the molecule is Cc1cc(-c2cccc(-c3ccccc3-c3ccccc3)c2)n[nH]1. The first-order chi connectivity index (χ1) is 11.8. The van der Waals surface area contributed by atoms with Crippen LogP contribution in [-0.2, 0) is 0 Å². The van der Waals surface area contributed by atoms with Crippen molar-refractivity contribution in [1.29, 1.82) is 0 Å². The summed E-state index contributed by atoms with van der Waals surface area (Å²) in [6.45, 7) is 2.02. The molecule has 24 heavy (non-hydrogen) atoms. The van der Waals surface area contributed by atoms with E-state index in [9.17, 15) is 0 Å². The molecule has 0 aliphatic heterocycles. The maximum Gasteiger partial charge on any atom is 0.0923 e. The highest BCUT2D eigenvalue weighted by molar-refractivity contribution is 5.85. The van der Waals surface area contributed by atoms with E-state index in [1.807, 2.05) is 13.0 Å². The summed E-state index contributed by atoms with van der Waals surface area (Å²) in [5.74, 6) is 0. The van der Waals surface area contributed by atoms with E-state index in [1.54, 1.807) is 0 Å². The summed E-state index contributed by atoms with van der Waals surface area (Å²) < 4.78 is 0. The van der Waals surface area contributed by atoms with Gasteiger partial charge < -0.3 is 0 Å². The van der Waals surface area contributed by atoms with Gasteiger partial charge in [0.15, 0.2) is 0 Å². The van der Waals surface area contributed by atoms with Gasteiger partial charge in [0.25, 0.3) is 0 Å². The van der Waals surface area contributed by atoms with Crippen molar-refractivity contribution in [2.24, 2.45) is 0 Å². The van der Waals surface area contributed by atoms with Crippen LogP contribution in [0.2, 0.25) is 0 Å². The predicted molar refractivity (Wildman–Crippen MR) is 99.6 cm³/mol. The van der Waals surface area contributed by atoms with Gasteiger partial charge in [-0.2, -0.15) is 5.10 Å². The second-order valence-electron chi connectivity index (χ2n) is 5.93. The summed E-state index contributed by atoms with van der Waals surface area (Å²) in [5.41, 5.74) is 8.08. The summed E-state index contributed by atoms with van der Waals surface area (Å²) in [4.78, 5) is 0. The summed E-state index contributed by atoms with van der Waals surface area (Å²) in [5, 5.41) is 7.39. The molecule has 4 aromatic rings. The molecule has 0 amide bonds. The van der Waals surface area contributed by atoms with Crippen LogP contribution in [0.15, 0.2) is 84.9 Å². The normalized spacial score (nSPS) is 10.7. The van der Waals surface area contributed by atoms with Crippen LogP contribution < -0.4 is 0 Å². The van der Waals surface area contributed by atoms with Gasteiger partial charge in [-0.1, -0.05) is 72.8 Å². The molecule has 0 bridgehead atoms. The minimum Gasteiger partial charge on any atom is -0.282 e. The van der Waals surface area contributed by atoms with Crippen molar-refractivity contribution in [3.63, 3.8) is 0 Å². The average molecular weight is 310 g/mol. The highest BCUT2D eigenvalue weighted by atomic mass is 15.1. The lowest BCUT2D eigenvalue weighted by molar-refractivity contribution is 1.05. The quantitative estimate of drug-likeness (QED) is 0.515. The van der Waals surface area contributed by atoms with Crippen molar-refractivity contribution in [1.82, 2.24) is 10.2 Å². The Bertz CT molecular complexity index is 968. The molecule has 0 spiro atoms. The lowest BCUT2D eigenvalue weighted by Crippen LogP contribution is -1.86. The molecule has 0 aliphatic rings. The standard InChI is InChI=1S/C22H18N2/c1-16-14-22(24-23-16)19-11-7-10-18(15-19)21-13-6-5-12-20(21)17-8-3-2-4-9-17/h2-15H,1H3,(H,23,24). The van der Waals surface area contributed by atoms with Crippen LogP contribution in [0.1, 0.15) is 5.69 Å². The summed E-state index contributed by atoms with van der Waals surface area (Å²) in [6, 6.07) is 29.7. The molecule has 1 N–H and O–H groups in total. The Morgan fingerprint density at radius 3 is 1.96 bits per heavy atom. The van der Waals surface area contributed by atoms with Crippen molar-refractivity contribution in [2.75, 3.05) is 0 Å². The average Bonchev–Trinajstić information content (AvgIpc) is 3.09. The van der Waals surface area contributed by atoms with Crippen LogP contribution in [0.4, 0.5) is 0 Å². The van der Waals surface area contributed by atoms with Crippen molar-refractivity contribution in [3.8, 4) is 33.5 Å². The first kappa shape index (κ1) is 14.5. The Kier molecular flexibility index (Phi) is 3.72. The Labute approximate surface area is 141 Å². The molecule has 0 radical (unpaired) electrons. The minimum absolute atomic E-state index is 0.978.